The molecule has 0 bridgehead atoms. The van der Waals surface area contributed by atoms with Crippen LogP contribution >= 0.6 is 27.7 Å². The minimum Gasteiger partial charge on any atom is -0.264 e. The molecule has 1 aromatic carbocycles. The fraction of sp³-hybridized carbons (Fsp3) is 0.333. The molecule has 0 spiro atoms. The van der Waals surface area contributed by atoms with Gasteiger partial charge >= 0.3 is 0 Å². The van der Waals surface area contributed by atoms with Crippen LogP contribution in [-0.2, 0) is 0 Å². The molecule has 0 heterocycles. The van der Waals surface area contributed by atoms with Crippen LogP contribution in [0.3, 0.4) is 0 Å². The largest absolute Gasteiger partial charge is 0.264 e. The van der Waals surface area contributed by atoms with Gasteiger partial charge in [0.1, 0.15) is 0 Å². The van der Waals surface area contributed by atoms with Gasteiger partial charge in [0.25, 0.3) is 0 Å². The van der Waals surface area contributed by atoms with E-state index in [9.17, 15) is 10.1 Å². The van der Waals surface area contributed by atoms with Crippen LogP contribution in [0.1, 0.15) is 6.92 Å². The van der Waals surface area contributed by atoms with Crippen LogP contribution < -0.4 is 0 Å². The van der Waals surface area contributed by atoms with E-state index in [0.29, 0.717) is 5.75 Å². The van der Waals surface area contributed by atoms with Crippen molar-refractivity contribution in [3.05, 3.63) is 38.9 Å². The van der Waals surface area contributed by atoms with Crippen molar-refractivity contribution in [3.63, 3.8) is 0 Å². The van der Waals surface area contributed by atoms with Gasteiger partial charge in [-0.05, 0) is 24.3 Å². The van der Waals surface area contributed by atoms with E-state index in [4.69, 9.17) is 0 Å². The monoisotopic (exact) mass is 275 g/mol. The maximum Gasteiger partial charge on any atom is 0.219 e. The van der Waals surface area contributed by atoms with Crippen molar-refractivity contribution in [1.29, 1.82) is 0 Å². The average molecular weight is 276 g/mol. The molecule has 0 radical (unpaired) electrons. The van der Waals surface area contributed by atoms with Crippen molar-refractivity contribution in [1.82, 2.24) is 0 Å². The topological polar surface area (TPSA) is 43.1 Å². The third-order valence-electron chi connectivity index (χ3n) is 1.66. The number of thioether (sulfide) groups is 1. The smallest absolute Gasteiger partial charge is 0.219 e. The lowest BCUT2D eigenvalue weighted by Crippen LogP contribution is -2.17. The Kier molecular flexibility index (Phi) is 4.41. The molecule has 0 saturated carbocycles. The fourth-order valence-corrected chi connectivity index (χ4v) is 1.96. The van der Waals surface area contributed by atoms with Gasteiger partial charge in [0, 0.05) is 21.2 Å². The predicted octanol–water partition coefficient (Wildman–Crippen LogP) is 3.21. The van der Waals surface area contributed by atoms with Gasteiger partial charge in [0.05, 0.1) is 5.75 Å². The number of halogens is 1. The summed E-state index contributed by atoms with van der Waals surface area (Å²) in [6.45, 7) is 1.62. The van der Waals surface area contributed by atoms with E-state index in [2.05, 4.69) is 15.9 Å². The second-order valence-corrected chi connectivity index (χ2v) is 4.91. The van der Waals surface area contributed by atoms with Crippen molar-refractivity contribution >= 4 is 27.7 Å². The summed E-state index contributed by atoms with van der Waals surface area (Å²) >= 11 is 4.83. The molecule has 0 amide bonds. The van der Waals surface area contributed by atoms with Gasteiger partial charge in [-0.2, -0.15) is 0 Å². The van der Waals surface area contributed by atoms with E-state index < -0.39 is 6.04 Å². The highest BCUT2D eigenvalue weighted by atomic mass is 79.9. The zero-order valence-corrected chi connectivity index (χ0v) is 10.0. The predicted molar refractivity (Wildman–Crippen MR) is 61.3 cm³/mol. The quantitative estimate of drug-likeness (QED) is 0.482. The van der Waals surface area contributed by atoms with Gasteiger partial charge in [-0.15, -0.1) is 11.8 Å². The standard InChI is InChI=1S/C9H10BrNO2S/c1-7(11(12)13)6-14-9-4-2-8(10)3-5-9/h2-5,7H,6H2,1H3. The molecular weight excluding hydrogens is 266 g/mol. The molecule has 0 aliphatic rings. The third-order valence-corrected chi connectivity index (χ3v) is 3.45. The Morgan fingerprint density at radius 1 is 1.50 bits per heavy atom. The zero-order chi connectivity index (χ0) is 10.6. The molecule has 0 aliphatic heterocycles. The Morgan fingerprint density at radius 3 is 2.57 bits per heavy atom. The third kappa shape index (κ3) is 3.67. The second kappa shape index (κ2) is 5.36. The summed E-state index contributed by atoms with van der Waals surface area (Å²) in [5.74, 6) is 0.509. The summed E-state index contributed by atoms with van der Waals surface area (Å²) in [6.07, 6.45) is 0. The lowest BCUT2D eigenvalue weighted by atomic mass is 10.4. The van der Waals surface area contributed by atoms with Gasteiger partial charge in [-0.25, -0.2) is 0 Å². The van der Waals surface area contributed by atoms with Crippen molar-refractivity contribution in [2.45, 2.75) is 17.9 Å². The lowest BCUT2D eigenvalue weighted by molar-refractivity contribution is -0.511. The highest BCUT2D eigenvalue weighted by molar-refractivity contribution is 9.10. The first kappa shape index (κ1) is 11.5. The minimum absolute atomic E-state index is 0.258. The van der Waals surface area contributed by atoms with Crippen LogP contribution in [-0.4, -0.2) is 16.7 Å². The summed E-state index contributed by atoms with van der Waals surface area (Å²) in [4.78, 5) is 11.2. The molecule has 0 saturated heterocycles. The average Bonchev–Trinajstić information content (AvgIpc) is 2.16. The first-order chi connectivity index (χ1) is 6.59. The number of nitrogens with zero attached hydrogens (tertiary/aromatic N) is 1. The van der Waals surface area contributed by atoms with Crippen LogP contribution in [0.25, 0.3) is 0 Å². The molecule has 1 rings (SSSR count). The molecule has 3 nitrogen and oxygen atoms in total. The summed E-state index contributed by atoms with van der Waals surface area (Å²) < 4.78 is 1.02. The van der Waals surface area contributed by atoms with Gasteiger partial charge in [-0.1, -0.05) is 15.9 Å². The number of nitro groups is 1. The van der Waals surface area contributed by atoms with Crippen LogP contribution in [0.2, 0.25) is 0 Å². The highest BCUT2D eigenvalue weighted by Gasteiger charge is 2.12. The van der Waals surface area contributed by atoms with E-state index in [1.807, 2.05) is 24.3 Å². The maximum atomic E-state index is 10.4. The van der Waals surface area contributed by atoms with E-state index in [1.54, 1.807) is 6.92 Å². The van der Waals surface area contributed by atoms with Crippen LogP contribution in [0, 0.1) is 10.1 Å². The first-order valence-corrected chi connectivity index (χ1v) is 5.89. The number of benzene rings is 1. The molecule has 1 unspecified atom stereocenters. The number of hydrogen-bond donors (Lipinski definition) is 0. The highest BCUT2D eigenvalue weighted by Crippen LogP contribution is 2.21. The van der Waals surface area contributed by atoms with Crippen LogP contribution in [0.5, 0.6) is 0 Å². The van der Waals surface area contributed by atoms with Crippen LogP contribution in [0.4, 0.5) is 0 Å². The van der Waals surface area contributed by atoms with Gasteiger partial charge in [-0.3, -0.25) is 10.1 Å². The Hall–Kier alpha value is -0.550. The molecule has 1 aromatic rings. The van der Waals surface area contributed by atoms with E-state index in [-0.39, 0.29) is 4.92 Å². The molecule has 0 fully saturated rings. The summed E-state index contributed by atoms with van der Waals surface area (Å²) in [7, 11) is 0. The van der Waals surface area contributed by atoms with Crippen molar-refractivity contribution < 1.29 is 4.92 Å². The molecule has 1 atom stereocenters. The van der Waals surface area contributed by atoms with E-state index in [1.165, 1.54) is 11.8 Å². The number of rotatable bonds is 4. The molecule has 14 heavy (non-hydrogen) atoms. The summed E-state index contributed by atoms with van der Waals surface area (Å²) in [5, 5.41) is 10.4. The number of hydrogen-bond acceptors (Lipinski definition) is 3. The fourth-order valence-electron chi connectivity index (χ4n) is 0.809. The minimum atomic E-state index is -0.497. The SMILES string of the molecule is CC(CSc1ccc(Br)cc1)[N+](=O)[O-]. The summed E-state index contributed by atoms with van der Waals surface area (Å²) in [6, 6.07) is 7.25. The zero-order valence-electron chi connectivity index (χ0n) is 7.64. The molecular formula is C9H10BrNO2S. The van der Waals surface area contributed by atoms with Gasteiger partial charge < -0.3 is 0 Å². The maximum absolute atomic E-state index is 10.4. The van der Waals surface area contributed by atoms with E-state index in [0.717, 1.165) is 9.37 Å². The molecule has 0 N–H and O–H groups in total. The molecule has 5 heteroatoms. The van der Waals surface area contributed by atoms with Crippen LogP contribution in [0.15, 0.2) is 33.6 Å². The first-order valence-electron chi connectivity index (χ1n) is 4.11. The normalized spacial score (nSPS) is 12.4. The Balaban J connectivity index is 2.46. The Morgan fingerprint density at radius 2 is 2.07 bits per heavy atom. The molecule has 0 aromatic heterocycles. The second-order valence-electron chi connectivity index (χ2n) is 2.90. The molecule has 76 valence electrons. The van der Waals surface area contributed by atoms with Gasteiger partial charge in [0.15, 0.2) is 0 Å². The summed E-state index contributed by atoms with van der Waals surface area (Å²) in [5.41, 5.74) is 0. The lowest BCUT2D eigenvalue weighted by Gasteiger charge is -2.03. The molecule has 0 aliphatic carbocycles. The van der Waals surface area contributed by atoms with Crippen molar-refractivity contribution in [2.24, 2.45) is 0 Å². The Labute approximate surface area is 95.2 Å². The van der Waals surface area contributed by atoms with E-state index >= 15 is 0 Å². The van der Waals surface area contributed by atoms with Crippen molar-refractivity contribution in [3.8, 4) is 0 Å². The Bertz CT molecular complexity index is 315. The van der Waals surface area contributed by atoms with Crippen molar-refractivity contribution in [2.75, 3.05) is 5.75 Å². The van der Waals surface area contributed by atoms with Gasteiger partial charge in [0.2, 0.25) is 6.04 Å².